The molecule has 1 aromatic carbocycles. The first-order chi connectivity index (χ1) is 15.6. The standard InChI is InChI=1S/C26H36N2O4S/c1-25-15-13-21-19(9-12-23-26(21,2)16-14-24(29)28(23)3)20(25)10-11-22(25)27-33(30,31)18-7-5-17(32-4)6-8-18/h5-8,14,16,19-23,27H,9-13,15H2,1-4H3/t19-,20-,21+,22?,23?,25-,26+/m0/s1. The fraction of sp³-hybridized carbons (Fsp3) is 0.654. The lowest BCUT2D eigenvalue weighted by Crippen LogP contribution is -2.60. The topological polar surface area (TPSA) is 75.7 Å². The molecule has 7 heteroatoms. The van der Waals surface area contributed by atoms with Gasteiger partial charge < -0.3 is 9.64 Å². The van der Waals surface area contributed by atoms with Crippen molar-refractivity contribution in [3.8, 4) is 5.75 Å². The maximum absolute atomic E-state index is 13.2. The van der Waals surface area contributed by atoms with Crippen LogP contribution in [0.3, 0.4) is 0 Å². The van der Waals surface area contributed by atoms with Crippen LogP contribution in [-0.4, -0.2) is 45.5 Å². The molecule has 3 aliphatic carbocycles. The summed E-state index contributed by atoms with van der Waals surface area (Å²) in [5, 5.41) is 0. The molecule has 1 amide bonds. The summed E-state index contributed by atoms with van der Waals surface area (Å²) < 4.78 is 34.6. The number of nitrogens with one attached hydrogen (secondary N) is 1. The zero-order valence-electron chi connectivity index (χ0n) is 20.1. The lowest BCUT2D eigenvalue weighted by Gasteiger charge is -2.60. The van der Waals surface area contributed by atoms with Gasteiger partial charge in [0.05, 0.1) is 12.0 Å². The number of hydrogen-bond acceptors (Lipinski definition) is 4. The van der Waals surface area contributed by atoms with E-state index in [0.717, 1.165) is 38.5 Å². The van der Waals surface area contributed by atoms with Gasteiger partial charge in [0.25, 0.3) is 0 Å². The molecule has 180 valence electrons. The summed E-state index contributed by atoms with van der Waals surface area (Å²) in [6, 6.07) is 6.83. The number of sulfonamides is 1. The first-order valence-electron chi connectivity index (χ1n) is 12.2. The highest BCUT2D eigenvalue weighted by atomic mass is 32.2. The summed E-state index contributed by atoms with van der Waals surface area (Å²) in [6.07, 6.45) is 10.2. The molecule has 7 atom stereocenters. The van der Waals surface area contributed by atoms with Crippen molar-refractivity contribution in [1.29, 1.82) is 0 Å². The highest BCUT2D eigenvalue weighted by Gasteiger charge is 2.60. The number of hydrogen-bond donors (Lipinski definition) is 1. The average Bonchev–Trinajstić information content (AvgIpc) is 3.12. The predicted molar refractivity (Wildman–Crippen MR) is 127 cm³/mol. The molecule has 6 nitrogen and oxygen atoms in total. The van der Waals surface area contributed by atoms with Crippen molar-refractivity contribution in [2.75, 3.05) is 14.2 Å². The van der Waals surface area contributed by atoms with Gasteiger partial charge in [-0.2, -0.15) is 0 Å². The molecule has 4 aliphatic rings. The van der Waals surface area contributed by atoms with Crippen molar-refractivity contribution in [2.24, 2.45) is 28.6 Å². The number of carbonyl (C=O) groups excluding carboxylic acids is 1. The van der Waals surface area contributed by atoms with E-state index in [2.05, 4.69) is 24.6 Å². The first-order valence-corrected chi connectivity index (χ1v) is 13.7. The molecular weight excluding hydrogens is 436 g/mol. The highest BCUT2D eigenvalue weighted by Crippen LogP contribution is 2.64. The predicted octanol–water partition coefficient (Wildman–Crippen LogP) is 3.98. The normalized spacial score (nSPS) is 40.2. The van der Waals surface area contributed by atoms with E-state index in [4.69, 9.17) is 4.74 Å². The Kier molecular flexibility index (Phi) is 5.44. The molecule has 2 unspecified atom stereocenters. The quantitative estimate of drug-likeness (QED) is 0.719. The number of methoxy groups -OCH3 is 1. The number of rotatable bonds is 4. The van der Waals surface area contributed by atoms with Gasteiger partial charge >= 0.3 is 0 Å². The van der Waals surface area contributed by atoms with Gasteiger partial charge in [0, 0.05) is 24.5 Å². The van der Waals surface area contributed by atoms with Crippen LogP contribution in [0.4, 0.5) is 0 Å². The Balaban J connectivity index is 1.37. The van der Waals surface area contributed by atoms with Gasteiger partial charge in [0.2, 0.25) is 15.9 Å². The maximum Gasteiger partial charge on any atom is 0.246 e. The van der Waals surface area contributed by atoms with Gasteiger partial charge in [-0.1, -0.05) is 19.9 Å². The minimum Gasteiger partial charge on any atom is -0.497 e. The Morgan fingerprint density at radius 1 is 1.03 bits per heavy atom. The molecule has 3 saturated carbocycles. The second-order valence-electron chi connectivity index (χ2n) is 11.1. The zero-order chi connectivity index (χ0) is 23.6. The Hall–Kier alpha value is -1.86. The van der Waals surface area contributed by atoms with Crippen LogP contribution >= 0.6 is 0 Å². The van der Waals surface area contributed by atoms with E-state index in [9.17, 15) is 13.2 Å². The third-order valence-electron chi connectivity index (χ3n) is 9.79. The number of fused-ring (bicyclic) bond motifs is 5. The fourth-order valence-electron chi connectivity index (χ4n) is 7.94. The summed E-state index contributed by atoms with van der Waals surface area (Å²) >= 11 is 0. The number of ether oxygens (including phenoxy) is 1. The van der Waals surface area contributed by atoms with E-state index in [1.165, 1.54) is 0 Å². The van der Waals surface area contributed by atoms with Crippen LogP contribution in [0.5, 0.6) is 5.75 Å². The Labute approximate surface area is 197 Å². The van der Waals surface area contributed by atoms with E-state index in [1.807, 2.05) is 11.9 Å². The van der Waals surface area contributed by atoms with Crippen molar-refractivity contribution in [2.45, 2.75) is 69.4 Å². The van der Waals surface area contributed by atoms with Crippen LogP contribution in [0.2, 0.25) is 0 Å². The van der Waals surface area contributed by atoms with Crippen LogP contribution in [0.1, 0.15) is 52.4 Å². The number of nitrogens with zero attached hydrogens (tertiary/aromatic N) is 1. The monoisotopic (exact) mass is 472 g/mol. The molecule has 33 heavy (non-hydrogen) atoms. The first kappa shape index (κ1) is 22.9. The zero-order valence-corrected chi connectivity index (χ0v) is 20.9. The molecule has 0 radical (unpaired) electrons. The van der Waals surface area contributed by atoms with Crippen LogP contribution in [0.25, 0.3) is 0 Å². The molecule has 1 heterocycles. The van der Waals surface area contributed by atoms with Crippen molar-refractivity contribution in [1.82, 2.24) is 9.62 Å². The molecule has 1 N–H and O–H groups in total. The second kappa shape index (κ2) is 7.84. The van der Waals surface area contributed by atoms with Gasteiger partial charge in [-0.25, -0.2) is 13.1 Å². The lowest BCUT2D eigenvalue weighted by molar-refractivity contribution is -0.138. The number of benzene rings is 1. The summed E-state index contributed by atoms with van der Waals surface area (Å²) in [5.74, 6) is 2.39. The van der Waals surface area contributed by atoms with Gasteiger partial charge in [0.15, 0.2) is 0 Å². The number of amides is 1. The molecular formula is C26H36N2O4S. The molecule has 0 saturated heterocycles. The second-order valence-corrected chi connectivity index (χ2v) is 12.8. The van der Waals surface area contributed by atoms with Crippen molar-refractivity contribution < 1.29 is 17.9 Å². The van der Waals surface area contributed by atoms with Crippen LogP contribution < -0.4 is 9.46 Å². The minimum atomic E-state index is -3.59. The minimum absolute atomic E-state index is 0.00753. The molecule has 0 bridgehead atoms. The van der Waals surface area contributed by atoms with Crippen LogP contribution in [0, 0.1) is 28.6 Å². The Morgan fingerprint density at radius 2 is 1.76 bits per heavy atom. The maximum atomic E-state index is 13.2. The van der Waals surface area contributed by atoms with Gasteiger partial charge in [0.1, 0.15) is 5.75 Å². The summed E-state index contributed by atoms with van der Waals surface area (Å²) in [5.41, 5.74) is -0.0302. The van der Waals surface area contributed by atoms with E-state index in [0.29, 0.717) is 23.5 Å². The number of carbonyl (C=O) groups is 1. The molecule has 1 aliphatic heterocycles. The Bertz CT molecular complexity index is 1070. The molecule has 0 aromatic heterocycles. The molecule has 1 aromatic rings. The third kappa shape index (κ3) is 3.45. The largest absolute Gasteiger partial charge is 0.497 e. The summed E-state index contributed by atoms with van der Waals surface area (Å²) in [6.45, 7) is 4.65. The lowest BCUT2D eigenvalue weighted by atomic mass is 9.48. The number of likely N-dealkylation sites (N-methyl/N-ethyl adjacent to an activating group) is 1. The Morgan fingerprint density at radius 3 is 2.45 bits per heavy atom. The van der Waals surface area contributed by atoms with Gasteiger partial charge in [-0.05, 0) is 92.0 Å². The SMILES string of the molecule is COc1ccc(S(=O)(=O)NC2CC[C@H]3[C@@H]4CCC5N(C)C(=O)C=C[C@]5(C)[C@@H]4CC[C@]23C)cc1. The smallest absolute Gasteiger partial charge is 0.246 e. The van der Waals surface area contributed by atoms with Gasteiger partial charge in [-0.3, -0.25) is 4.79 Å². The molecule has 0 spiro atoms. The fourth-order valence-corrected chi connectivity index (χ4v) is 9.33. The molecule has 3 fully saturated rings. The van der Waals surface area contributed by atoms with Crippen LogP contribution in [0.15, 0.2) is 41.3 Å². The average molecular weight is 473 g/mol. The molecule has 5 rings (SSSR count). The van der Waals surface area contributed by atoms with Crippen molar-refractivity contribution >= 4 is 15.9 Å². The van der Waals surface area contributed by atoms with Crippen molar-refractivity contribution in [3.63, 3.8) is 0 Å². The van der Waals surface area contributed by atoms with Gasteiger partial charge in [-0.15, -0.1) is 0 Å². The van der Waals surface area contributed by atoms with Crippen LogP contribution in [-0.2, 0) is 14.8 Å². The van der Waals surface area contributed by atoms with E-state index >= 15 is 0 Å². The van der Waals surface area contributed by atoms with Crippen molar-refractivity contribution in [3.05, 3.63) is 36.4 Å². The summed E-state index contributed by atoms with van der Waals surface area (Å²) in [7, 11) is -0.0722. The van der Waals surface area contributed by atoms with E-state index in [1.54, 1.807) is 37.5 Å². The van der Waals surface area contributed by atoms with E-state index in [-0.39, 0.29) is 33.7 Å². The highest BCUT2D eigenvalue weighted by molar-refractivity contribution is 7.89. The third-order valence-corrected chi connectivity index (χ3v) is 11.3. The van der Waals surface area contributed by atoms with E-state index < -0.39 is 10.0 Å². The summed E-state index contributed by atoms with van der Waals surface area (Å²) in [4.78, 5) is 14.5.